The van der Waals surface area contributed by atoms with Crippen LogP contribution in [0.4, 0.5) is 24.7 Å². The fourth-order valence-electron chi connectivity index (χ4n) is 2.71. The molecule has 3 heterocycles. The van der Waals surface area contributed by atoms with Crippen molar-refractivity contribution in [2.45, 2.75) is 6.18 Å². The Morgan fingerprint density at radius 1 is 1.12 bits per heavy atom. The summed E-state index contributed by atoms with van der Waals surface area (Å²) in [6.45, 7) is 0. The average Bonchev–Trinajstić information content (AvgIpc) is 3.23. The Morgan fingerprint density at radius 2 is 1.96 bits per heavy atom. The van der Waals surface area contributed by atoms with Crippen molar-refractivity contribution < 1.29 is 17.6 Å². The molecular formula is C18H13F3N4O. The highest BCUT2D eigenvalue weighted by Crippen LogP contribution is 2.31. The molecule has 26 heavy (non-hydrogen) atoms. The van der Waals surface area contributed by atoms with Crippen LogP contribution in [0.2, 0.25) is 0 Å². The van der Waals surface area contributed by atoms with Crippen molar-refractivity contribution in [3.05, 3.63) is 60.5 Å². The van der Waals surface area contributed by atoms with Gasteiger partial charge in [0.15, 0.2) is 11.6 Å². The van der Waals surface area contributed by atoms with Gasteiger partial charge in [-0.1, -0.05) is 6.07 Å². The van der Waals surface area contributed by atoms with Crippen molar-refractivity contribution in [1.82, 2.24) is 14.5 Å². The number of aryl methyl sites for hydroxylation is 1. The highest BCUT2D eigenvalue weighted by molar-refractivity contribution is 5.82. The Morgan fingerprint density at radius 3 is 2.69 bits per heavy atom. The summed E-state index contributed by atoms with van der Waals surface area (Å²) in [5.74, 6) is 1.69. The zero-order valence-electron chi connectivity index (χ0n) is 13.6. The van der Waals surface area contributed by atoms with Gasteiger partial charge in [-0.25, -0.2) is 9.97 Å². The Hall–Kier alpha value is -3.29. The van der Waals surface area contributed by atoms with Crippen LogP contribution in [0.1, 0.15) is 5.56 Å². The SMILES string of the molecule is Cn1c(-c2ccco2)nc2cnc(Nc3cccc(C(F)(F)F)c3)cc21. The molecule has 0 amide bonds. The van der Waals surface area contributed by atoms with E-state index < -0.39 is 11.7 Å². The predicted octanol–water partition coefficient (Wildman–Crippen LogP) is 4.99. The van der Waals surface area contributed by atoms with E-state index in [1.165, 1.54) is 6.07 Å². The first-order chi connectivity index (χ1) is 12.4. The smallest absolute Gasteiger partial charge is 0.416 e. The Balaban J connectivity index is 1.69. The number of pyridine rings is 1. The molecule has 0 saturated heterocycles. The van der Waals surface area contributed by atoms with Crippen molar-refractivity contribution >= 4 is 22.5 Å². The summed E-state index contributed by atoms with van der Waals surface area (Å²) in [6, 6.07) is 10.3. The second-order valence-corrected chi connectivity index (χ2v) is 5.73. The number of halogens is 3. The highest BCUT2D eigenvalue weighted by atomic mass is 19.4. The maximum Gasteiger partial charge on any atom is 0.416 e. The van der Waals surface area contributed by atoms with Crippen molar-refractivity contribution in [3.63, 3.8) is 0 Å². The molecule has 0 atom stereocenters. The number of fused-ring (bicyclic) bond motifs is 1. The molecule has 8 heteroatoms. The van der Waals surface area contributed by atoms with Gasteiger partial charge in [0.1, 0.15) is 11.3 Å². The number of imidazole rings is 1. The summed E-state index contributed by atoms with van der Waals surface area (Å²) < 4.78 is 45.7. The van der Waals surface area contributed by atoms with E-state index >= 15 is 0 Å². The van der Waals surface area contributed by atoms with Gasteiger partial charge in [-0.2, -0.15) is 13.2 Å². The second kappa shape index (κ2) is 5.91. The van der Waals surface area contributed by atoms with Crippen LogP contribution in [0.3, 0.4) is 0 Å². The van der Waals surface area contributed by atoms with E-state index in [9.17, 15) is 13.2 Å². The lowest BCUT2D eigenvalue weighted by Gasteiger charge is -2.10. The molecule has 5 nitrogen and oxygen atoms in total. The number of benzene rings is 1. The number of alkyl halides is 3. The number of anilines is 2. The average molecular weight is 358 g/mol. The number of nitrogens with one attached hydrogen (secondary N) is 1. The lowest BCUT2D eigenvalue weighted by Crippen LogP contribution is -2.05. The first-order valence-electron chi connectivity index (χ1n) is 7.72. The molecule has 0 saturated carbocycles. The van der Waals surface area contributed by atoms with Gasteiger partial charge < -0.3 is 14.3 Å². The molecule has 0 radical (unpaired) electrons. The number of nitrogens with zero attached hydrogens (tertiary/aromatic N) is 3. The largest absolute Gasteiger partial charge is 0.461 e. The Bertz CT molecular complexity index is 1070. The fourth-order valence-corrected chi connectivity index (χ4v) is 2.71. The summed E-state index contributed by atoms with van der Waals surface area (Å²) in [4.78, 5) is 8.71. The summed E-state index contributed by atoms with van der Waals surface area (Å²) in [7, 11) is 1.83. The Labute approximate surface area is 146 Å². The van der Waals surface area contributed by atoms with Crippen molar-refractivity contribution in [3.8, 4) is 11.6 Å². The van der Waals surface area contributed by atoms with E-state index in [2.05, 4.69) is 15.3 Å². The summed E-state index contributed by atoms with van der Waals surface area (Å²) in [5, 5.41) is 2.90. The molecule has 0 aliphatic heterocycles. The monoisotopic (exact) mass is 358 g/mol. The number of hydrogen-bond acceptors (Lipinski definition) is 4. The second-order valence-electron chi connectivity index (χ2n) is 5.73. The lowest BCUT2D eigenvalue weighted by atomic mass is 10.2. The molecule has 3 aromatic heterocycles. The van der Waals surface area contributed by atoms with Gasteiger partial charge in [-0.3, -0.25) is 0 Å². The van der Waals surface area contributed by atoms with E-state index in [1.807, 2.05) is 11.6 Å². The van der Waals surface area contributed by atoms with Crippen LogP contribution in [0, 0.1) is 0 Å². The van der Waals surface area contributed by atoms with Gasteiger partial charge in [0.2, 0.25) is 0 Å². The standard InChI is InChI=1S/C18H13F3N4O/c1-25-14-9-16(23-12-5-2-4-11(8-12)18(19,20)21)22-10-13(14)24-17(25)15-6-3-7-26-15/h2-10H,1H3,(H,22,23). The maximum atomic E-state index is 12.8. The van der Waals surface area contributed by atoms with Crippen LogP contribution >= 0.6 is 0 Å². The van der Waals surface area contributed by atoms with Crippen molar-refractivity contribution in [2.24, 2.45) is 7.05 Å². The molecule has 0 bridgehead atoms. The molecule has 0 spiro atoms. The van der Waals surface area contributed by atoms with Crippen LogP contribution < -0.4 is 5.32 Å². The zero-order chi connectivity index (χ0) is 18.3. The molecule has 1 N–H and O–H groups in total. The minimum absolute atomic E-state index is 0.306. The van der Waals surface area contributed by atoms with Gasteiger partial charge in [-0.15, -0.1) is 0 Å². The van der Waals surface area contributed by atoms with Gasteiger partial charge in [0.25, 0.3) is 0 Å². The van der Waals surface area contributed by atoms with E-state index in [0.717, 1.165) is 17.6 Å². The molecule has 4 rings (SSSR count). The molecule has 0 aliphatic carbocycles. The topological polar surface area (TPSA) is 55.9 Å². The minimum atomic E-state index is -4.39. The quantitative estimate of drug-likeness (QED) is 0.560. The molecular weight excluding hydrogens is 345 g/mol. The van der Waals surface area contributed by atoms with Crippen LogP contribution in [0.15, 0.2) is 59.3 Å². The number of hydrogen-bond donors (Lipinski definition) is 1. The number of aromatic nitrogens is 3. The fraction of sp³-hybridized carbons (Fsp3) is 0.111. The highest BCUT2D eigenvalue weighted by Gasteiger charge is 2.30. The Kier molecular flexibility index (Phi) is 3.68. The van der Waals surface area contributed by atoms with E-state index in [-0.39, 0.29) is 0 Å². The predicted molar refractivity (Wildman–Crippen MR) is 90.9 cm³/mol. The first kappa shape index (κ1) is 16.2. The van der Waals surface area contributed by atoms with Crippen LogP contribution in [-0.4, -0.2) is 14.5 Å². The first-order valence-corrected chi connectivity index (χ1v) is 7.72. The van der Waals surface area contributed by atoms with E-state index in [4.69, 9.17) is 4.42 Å². The number of rotatable bonds is 3. The molecule has 132 valence electrons. The summed E-state index contributed by atoms with van der Waals surface area (Å²) >= 11 is 0. The molecule has 0 fully saturated rings. The van der Waals surface area contributed by atoms with Crippen molar-refractivity contribution in [2.75, 3.05) is 5.32 Å². The lowest BCUT2D eigenvalue weighted by molar-refractivity contribution is -0.137. The van der Waals surface area contributed by atoms with Gasteiger partial charge in [0, 0.05) is 18.8 Å². The molecule has 1 aromatic carbocycles. The van der Waals surface area contributed by atoms with Crippen LogP contribution in [0.25, 0.3) is 22.6 Å². The third-order valence-corrected chi connectivity index (χ3v) is 3.97. The maximum absolute atomic E-state index is 12.8. The zero-order valence-corrected chi connectivity index (χ0v) is 13.6. The molecule has 0 aliphatic rings. The summed E-state index contributed by atoms with van der Waals surface area (Å²) in [5.41, 5.74) is 1.03. The van der Waals surface area contributed by atoms with Crippen LogP contribution in [0.5, 0.6) is 0 Å². The molecule has 4 aromatic rings. The van der Waals surface area contributed by atoms with E-state index in [1.54, 1.807) is 36.7 Å². The normalized spacial score (nSPS) is 11.8. The molecule has 0 unspecified atom stereocenters. The number of furan rings is 1. The van der Waals surface area contributed by atoms with Gasteiger partial charge >= 0.3 is 6.18 Å². The van der Waals surface area contributed by atoms with E-state index in [0.29, 0.717) is 28.6 Å². The van der Waals surface area contributed by atoms with Gasteiger partial charge in [0.05, 0.1) is 23.5 Å². The summed E-state index contributed by atoms with van der Waals surface area (Å²) in [6.07, 6.45) is -1.26. The van der Waals surface area contributed by atoms with Crippen LogP contribution in [-0.2, 0) is 13.2 Å². The van der Waals surface area contributed by atoms with Crippen molar-refractivity contribution in [1.29, 1.82) is 0 Å². The third-order valence-electron chi connectivity index (χ3n) is 3.97. The third kappa shape index (κ3) is 2.90. The minimum Gasteiger partial charge on any atom is -0.461 e. The van der Waals surface area contributed by atoms with Gasteiger partial charge in [-0.05, 0) is 30.3 Å².